The first-order chi connectivity index (χ1) is 7.57. The minimum absolute atomic E-state index is 0.0951. The van der Waals surface area contributed by atoms with Crippen molar-refractivity contribution < 1.29 is 26.3 Å². The first kappa shape index (κ1) is 14.9. The van der Waals surface area contributed by atoms with Gasteiger partial charge in [-0.1, -0.05) is 0 Å². The van der Waals surface area contributed by atoms with Crippen molar-refractivity contribution in [2.24, 2.45) is 0 Å². The van der Waals surface area contributed by atoms with E-state index in [4.69, 9.17) is 11.6 Å². The molecule has 0 unspecified atom stereocenters. The van der Waals surface area contributed by atoms with Crippen molar-refractivity contribution in [1.82, 2.24) is 0 Å². The Bertz CT molecular complexity index is 423. The molecule has 0 saturated carbocycles. The third kappa shape index (κ3) is 3.40. The van der Waals surface area contributed by atoms with Crippen LogP contribution in [0.1, 0.15) is 16.7 Å². The highest BCUT2D eigenvalue weighted by Gasteiger charge is 2.38. The van der Waals surface area contributed by atoms with E-state index in [2.05, 4.69) is 0 Å². The van der Waals surface area contributed by atoms with Crippen LogP contribution in [0.4, 0.5) is 26.3 Å². The van der Waals surface area contributed by atoms with Gasteiger partial charge in [0.05, 0.1) is 11.1 Å². The Morgan fingerprint density at radius 1 is 1.00 bits per heavy atom. The van der Waals surface area contributed by atoms with E-state index in [1.165, 1.54) is 22.6 Å². The van der Waals surface area contributed by atoms with Gasteiger partial charge < -0.3 is 0 Å². The Morgan fingerprint density at radius 2 is 1.53 bits per heavy atom. The van der Waals surface area contributed by atoms with Crippen molar-refractivity contribution in [1.29, 1.82) is 0 Å². The number of halogens is 8. The minimum Gasteiger partial charge on any atom is -0.166 e. The molecule has 17 heavy (non-hydrogen) atoms. The fourth-order valence-corrected chi connectivity index (χ4v) is 2.40. The van der Waals surface area contributed by atoms with Crippen molar-refractivity contribution in [2.75, 3.05) is 0 Å². The molecule has 0 N–H and O–H groups in total. The molecule has 0 nitrogen and oxygen atoms in total. The highest BCUT2D eigenvalue weighted by molar-refractivity contribution is 14.1. The van der Waals surface area contributed by atoms with Crippen molar-refractivity contribution in [3.63, 3.8) is 0 Å². The van der Waals surface area contributed by atoms with E-state index in [0.717, 1.165) is 0 Å². The third-order valence-corrected chi connectivity index (χ3v) is 3.49. The molecule has 0 aliphatic carbocycles. The van der Waals surface area contributed by atoms with Crippen LogP contribution in [0.25, 0.3) is 0 Å². The summed E-state index contributed by atoms with van der Waals surface area (Å²) in [6.07, 6.45) is -9.66. The van der Waals surface area contributed by atoms with Crippen molar-refractivity contribution in [3.8, 4) is 0 Å². The molecule has 1 aromatic rings. The molecule has 0 spiro atoms. The van der Waals surface area contributed by atoms with Crippen LogP contribution in [0.5, 0.6) is 0 Å². The van der Waals surface area contributed by atoms with E-state index in [1.807, 2.05) is 0 Å². The first-order valence-electron chi connectivity index (χ1n) is 4.10. The van der Waals surface area contributed by atoms with Crippen LogP contribution in [-0.4, -0.2) is 0 Å². The molecule has 1 rings (SSSR count). The summed E-state index contributed by atoms with van der Waals surface area (Å²) >= 11 is 6.68. The molecular weight excluding hydrogens is 384 g/mol. The summed E-state index contributed by atoms with van der Waals surface area (Å²) in [6.45, 7) is 0. The Labute approximate surface area is 111 Å². The van der Waals surface area contributed by atoms with Crippen LogP contribution in [0, 0.1) is 3.57 Å². The summed E-state index contributed by atoms with van der Waals surface area (Å²) in [5, 5.41) is 0. The van der Waals surface area contributed by atoms with Crippen LogP contribution in [0.3, 0.4) is 0 Å². The van der Waals surface area contributed by atoms with Gasteiger partial charge >= 0.3 is 12.4 Å². The lowest BCUT2D eigenvalue weighted by Gasteiger charge is -2.15. The summed E-state index contributed by atoms with van der Waals surface area (Å²) in [5.74, 6) is -0.411. The summed E-state index contributed by atoms with van der Waals surface area (Å²) in [4.78, 5) is 0. The molecule has 0 aliphatic rings. The van der Waals surface area contributed by atoms with Gasteiger partial charge in [0.2, 0.25) is 0 Å². The lowest BCUT2D eigenvalue weighted by Crippen LogP contribution is -2.14. The maximum absolute atomic E-state index is 12.5. The molecule has 0 saturated heterocycles. The van der Waals surface area contributed by atoms with E-state index in [1.54, 1.807) is 0 Å². The van der Waals surface area contributed by atoms with Gasteiger partial charge in [-0.25, -0.2) is 0 Å². The number of benzene rings is 1. The molecule has 0 radical (unpaired) electrons. The normalized spacial score (nSPS) is 12.9. The first-order valence-corrected chi connectivity index (χ1v) is 5.71. The van der Waals surface area contributed by atoms with Gasteiger partial charge in [0.1, 0.15) is 0 Å². The lowest BCUT2D eigenvalue weighted by atomic mass is 10.1. The zero-order chi connectivity index (χ0) is 13.4. The van der Waals surface area contributed by atoms with Crippen LogP contribution < -0.4 is 0 Å². The second kappa shape index (κ2) is 4.83. The molecule has 0 heterocycles. The Kier molecular flexibility index (Phi) is 4.23. The van der Waals surface area contributed by atoms with Crippen LogP contribution in [0.2, 0.25) is 0 Å². The predicted octanol–water partition coefficient (Wildman–Crippen LogP) is 5.07. The van der Waals surface area contributed by atoms with Gasteiger partial charge in [0.25, 0.3) is 0 Å². The molecule has 0 aliphatic heterocycles. The SMILES string of the molecule is FC(F)(F)c1cc(CCl)c(I)c(C(F)(F)F)c1. The van der Waals surface area contributed by atoms with Gasteiger partial charge in [-0.2, -0.15) is 26.3 Å². The molecular formula is C9H4ClF6I. The second-order valence-electron chi connectivity index (χ2n) is 3.13. The third-order valence-electron chi connectivity index (χ3n) is 1.92. The summed E-state index contributed by atoms with van der Waals surface area (Å²) in [6, 6.07) is 0.724. The highest BCUT2D eigenvalue weighted by Crippen LogP contribution is 2.39. The van der Waals surface area contributed by atoms with Crippen molar-refractivity contribution in [2.45, 2.75) is 18.2 Å². The van der Waals surface area contributed by atoms with E-state index in [9.17, 15) is 26.3 Å². The number of alkyl halides is 7. The smallest absolute Gasteiger partial charge is 0.166 e. The number of hydrogen-bond acceptors (Lipinski definition) is 0. The largest absolute Gasteiger partial charge is 0.417 e. The minimum atomic E-state index is -4.83. The molecule has 0 atom stereocenters. The van der Waals surface area contributed by atoms with Gasteiger partial charge in [-0.15, -0.1) is 11.6 Å². The van der Waals surface area contributed by atoms with Gasteiger partial charge in [-0.05, 0) is 40.3 Å². The van der Waals surface area contributed by atoms with Gasteiger partial charge in [-0.3, -0.25) is 0 Å². The van der Waals surface area contributed by atoms with Crippen LogP contribution in [-0.2, 0) is 18.2 Å². The van der Waals surface area contributed by atoms with Gasteiger partial charge in [0.15, 0.2) is 0 Å². The summed E-state index contributed by atoms with van der Waals surface area (Å²) in [7, 11) is 0. The average Bonchev–Trinajstić information content (AvgIpc) is 2.14. The highest BCUT2D eigenvalue weighted by atomic mass is 127. The molecule has 96 valence electrons. The molecule has 0 fully saturated rings. The van der Waals surface area contributed by atoms with Crippen molar-refractivity contribution >= 4 is 34.2 Å². The van der Waals surface area contributed by atoms with E-state index < -0.39 is 29.4 Å². The van der Waals surface area contributed by atoms with Gasteiger partial charge in [0, 0.05) is 9.45 Å². The predicted molar refractivity (Wildman–Crippen MR) is 58.7 cm³/mol. The maximum Gasteiger partial charge on any atom is 0.417 e. The molecule has 8 heteroatoms. The topological polar surface area (TPSA) is 0 Å². The maximum atomic E-state index is 12.5. The average molecular weight is 388 g/mol. The lowest BCUT2D eigenvalue weighted by molar-refractivity contribution is -0.143. The fourth-order valence-electron chi connectivity index (χ4n) is 1.15. The Balaban J connectivity index is 3.50. The van der Waals surface area contributed by atoms with Crippen molar-refractivity contribution in [3.05, 3.63) is 32.4 Å². The summed E-state index contributed by atoms with van der Waals surface area (Å²) in [5.41, 5.74) is -2.85. The second-order valence-corrected chi connectivity index (χ2v) is 4.47. The monoisotopic (exact) mass is 388 g/mol. The zero-order valence-corrected chi connectivity index (χ0v) is 10.8. The van der Waals surface area contributed by atoms with Crippen LogP contribution in [0.15, 0.2) is 12.1 Å². The van der Waals surface area contributed by atoms with Crippen LogP contribution >= 0.6 is 34.2 Å². The fraction of sp³-hybridized carbons (Fsp3) is 0.333. The molecule has 0 amide bonds. The van der Waals surface area contributed by atoms with E-state index in [0.29, 0.717) is 6.07 Å². The molecule has 1 aromatic carbocycles. The Hall–Kier alpha value is -0.180. The zero-order valence-electron chi connectivity index (χ0n) is 7.89. The van der Waals surface area contributed by atoms with E-state index >= 15 is 0 Å². The number of hydrogen-bond donors (Lipinski definition) is 0. The van der Waals surface area contributed by atoms with E-state index in [-0.39, 0.29) is 15.2 Å². The molecule has 0 bridgehead atoms. The quantitative estimate of drug-likeness (QED) is 0.358. The standard InChI is InChI=1S/C9H4ClF6I/c10-3-4-1-5(8(11,12)13)2-6(7(4)17)9(14,15)16/h1-2H,3H2. The molecule has 0 aromatic heterocycles. The Morgan fingerprint density at radius 3 is 1.88 bits per heavy atom. The summed E-state index contributed by atoms with van der Waals surface area (Å²) < 4.78 is 74.4. The number of rotatable bonds is 1.